The fourth-order valence-corrected chi connectivity index (χ4v) is 0.599. The van der Waals surface area contributed by atoms with Crippen LogP contribution in [0.5, 0.6) is 0 Å². The fraction of sp³-hybridized carbons (Fsp3) is 0.333. The number of H-pyrrole nitrogens is 1. The van der Waals surface area contributed by atoms with E-state index in [1.807, 2.05) is 0 Å². The van der Waals surface area contributed by atoms with Crippen LogP contribution < -0.4 is 5.73 Å². The van der Waals surface area contributed by atoms with Crippen molar-refractivity contribution in [1.29, 1.82) is 0 Å². The van der Waals surface area contributed by atoms with Crippen LogP contribution in [-0.2, 0) is 4.74 Å². The topological polar surface area (TPSA) is 81.0 Å². The van der Waals surface area contributed by atoms with Gasteiger partial charge in [0.2, 0.25) is 0 Å². The van der Waals surface area contributed by atoms with Gasteiger partial charge in [-0.15, -0.1) is 0 Å². The molecule has 0 bridgehead atoms. The minimum absolute atomic E-state index is 0.234. The summed E-state index contributed by atoms with van der Waals surface area (Å²) >= 11 is 0. The number of aromatic nitrogens is 2. The molecule has 5 heteroatoms. The Morgan fingerprint density at radius 1 is 1.82 bits per heavy atom. The standard InChI is InChI=1S/C6H9N3O2/c7-2-4-11-6(10)5-1-3-8-9-5/h1,3H,2,4,7H2,(H,8,9). The number of nitrogens with one attached hydrogen (secondary N) is 1. The summed E-state index contributed by atoms with van der Waals surface area (Å²) in [7, 11) is 0. The maximum Gasteiger partial charge on any atom is 0.356 e. The van der Waals surface area contributed by atoms with Crippen LogP contribution >= 0.6 is 0 Å². The summed E-state index contributed by atoms with van der Waals surface area (Å²) in [5.41, 5.74) is 5.47. The molecule has 3 N–H and O–H groups in total. The SMILES string of the molecule is NCCOC(=O)c1ccn[nH]1. The predicted molar refractivity (Wildman–Crippen MR) is 37.9 cm³/mol. The molecular weight excluding hydrogens is 146 g/mol. The van der Waals surface area contributed by atoms with Gasteiger partial charge in [0.15, 0.2) is 0 Å². The van der Waals surface area contributed by atoms with Crippen molar-refractivity contribution in [2.24, 2.45) is 5.73 Å². The smallest absolute Gasteiger partial charge is 0.356 e. The van der Waals surface area contributed by atoms with Crippen LogP contribution in [0, 0.1) is 0 Å². The van der Waals surface area contributed by atoms with Crippen LogP contribution in [0.25, 0.3) is 0 Å². The number of esters is 1. The van der Waals surface area contributed by atoms with Crippen molar-refractivity contribution >= 4 is 5.97 Å². The van der Waals surface area contributed by atoms with Gasteiger partial charge < -0.3 is 10.5 Å². The number of hydrogen-bond donors (Lipinski definition) is 2. The third kappa shape index (κ3) is 2.05. The average Bonchev–Trinajstić information content (AvgIpc) is 2.52. The van der Waals surface area contributed by atoms with Crippen LogP contribution in [0.2, 0.25) is 0 Å². The molecule has 0 unspecified atom stereocenters. The van der Waals surface area contributed by atoms with Crippen LogP contribution in [0.4, 0.5) is 0 Å². The number of nitrogens with zero attached hydrogens (tertiary/aromatic N) is 1. The highest BCUT2D eigenvalue weighted by atomic mass is 16.5. The van der Waals surface area contributed by atoms with Crippen molar-refractivity contribution in [3.63, 3.8) is 0 Å². The molecule has 0 spiro atoms. The second kappa shape index (κ2) is 3.72. The first kappa shape index (κ1) is 7.74. The van der Waals surface area contributed by atoms with Gasteiger partial charge in [0.1, 0.15) is 12.3 Å². The lowest BCUT2D eigenvalue weighted by Crippen LogP contribution is -2.13. The Balaban J connectivity index is 2.43. The predicted octanol–water partition coefficient (Wildman–Crippen LogP) is -0.475. The Morgan fingerprint density at radius 3 is 3.18 bits per heavy atom. The van der Waals surface area contributed by atoms with E-state index in [9.17, 15) is 4.79 Å². The summed E-state index contributed by atoms with van der Waals surface area (Å²) in [4.78, 5) is 10.9. The van der Waals surface area contributed by atoms with E-state index in [-0.39, 0.29) is 6.61 Å². The van der Waals surface area contributed by atoms with Crippen LogP contribution in [0.3, 0.4) is 0 Å². The maximum atomic E-state index is 10.9. The van der Waals surface area contributed by atoms with Crippen molar-refractivity contribution < 1.29 is 9.53 Å². The first-order valence-corrected chi connectivity index (χ1v) is 3.21. The van der Waals surface area contributed by atoms with E-state index in [1.54, 1.807) is 6.07 Å². The second-order valence-electron chi connectivity index (χ2n) is 1.89. The van der Waals surface area contributed by atoms with Crippen molar-refractivity contribution in [2.75, 3.05) is 13.2 Å². The monoisotopic (exact) mass is 155 g/mol. The van der Waals surface area contributed by atoms with Gasteiger partial charge in [-0.25, -0.2) is 4.79 Å². The molecule has 0 aromatic carbocycles. The third-order valence-electron chi connectivity index (χ3n) is 1.07. The summed E-state index contributed by atoms with van der Waals surface area (Å²) in [6.45, 7) is 0.567. The molecule has 0 fully saturated rings. The molecule has 0 amide bonds. The third-order valence-corrected chi connectivity index (χ3v) is 1.07. The first-order valence-electron chi connectivity index (χ1n) is 3.21. The van der Waals surface area contributed by atoms with Gasteiger partial charge in [0, 0.05) is 12.7 Å². The number of carbonyl (C=O) groups is 1. The van der Waals surface area contributed by atoms with Gasteiger partial charge in [-0.3, -0.25) is 5.10 Å². The lowest BCUT2D eigenvalue weighted by atomic mass is 10.4. The number of aromatic amines is 1. The summed E-state index contributed by atoms with van der Waals surface area (Å²) in [5.74, 6) is -0.423. The first-order chi connectivity index (χ1) is 5.34. The summed E-state index contributed by atoms with van der Waals surface area (Å²) in [6.07, 6.45) is 1.49. The molecule has 5 nitrogen and oxygen atoms in total. The Hall–Kier alpha value is -1.36. The molecule has 0 aliphatic heterocycles. The van der Waals surface area contributed by atoms with E-state index < -0.39 is 5.97 Å². The number of rotatable bonds is 3. The molecule has 1 aromatic heterocycles. The Morgan fingerprint density at radius 2 is 2.64 bits per heavy atom. The number of ether oxygens (including phenoxy) is 1. The van der Waals surface area contributed by atoms with Crippen molar-refractivity contribution in [3.8, 4) is 0 Å². The minimum Gasteiger partial charge on any atom is -0.460 e. The van der Waals surface area contributed by atoms with Crippen LogP contribution in [0.15, 0.2) is 12.3 Å². The van der Waals surface area contributed by atoms with Gasteiger partial charge in [0.05, 0.1) is 0 Å². The molecular formula is C6H9N3O2. The molecule has 0 aliphatic carbocycles. The van der Waals surface area contributed by atoms with Gasteiger partial charge in [-0.2, -0.15) is 5.10 Å². The summed E-state index contributed by atoms with van der Waals surface area (Å²) < 4.78 is 4.70. The minimum atomic E-state index is -0.423. The molecule has 0 atom stereocenters. The van der Waals surface area contributed by atoms with Crippen LogP contribution in [-0.4, -0.2) is 29.3 Å². The lowest BCUT2D eigenvalue weighted by Gasteiger charge is -1.98. The molecule has 1 heterocycles. The van der Waals surface area contributed by atoms with Gasteiger partial charge in [-0.05, 0) is 6.07 Å². The zero-order chi connectivity index (χ0) is 8.10. The zero-order valence-corrected chi connectivity index (χ0v) is 5.91. The summed E-state index contributed by atoms with van der Waals surface area (Å²) in [6, 6.07) is 1.54. The highest BCUT2D eigenvalue weighted by molar-refractivity contribution is 5.86. The maximum absolute atomic E-state index is 10.9. The number of hydrogen-bond acceptors (Lipinski definition) is 4. The van der Waals surface area contributed by atoms with Gasteiger partial charge in [-0.1, -0.05) is 0 Å². The normalized spacial score (nSPS) is 9.55. The molecule has 0 saturated heterocycles. The highest BCUT2D eigenvalue weighted by Crippen LogP contribution is 1.93. The van der Waals surface area contributed by atoms with E-state index in [1.165, 1.54) is 6.20 Å². The summed E-state index contributed by atoms with van der Waals surface area (Å²) in [5, 5.41) is 6.07. The quantitative estimate of drug-likeness (QED) is 0.578. The molecule has 0 aliphatic rings. The molecule has 0 radical (unpaired) electrons. The fourth-order valence-electron chi connectivity index (χ4n) is 0.599. The van der Waals surface area contributed by atoms with E-state index in [2.05, 4.69) is 10.2 Å². The largest absolute Gasteiger partial charge is 0.460 e. The van der Waals surface area contributed by atoms with Crippen LogP contribution in [0.1, 0.15) is 10.5 Å². The van der Waals surface area contributed by atoms with E-state index in [0.717, 1.165) is 0 Å². The average molecular weight is 155 g/mol. The van der Waals surface area contributed by atoms with Gasteiger partial charge in [0.25, 0.3) is 0 Å². The number of carbonyl (C=O) groups excluding carboxylic acids is 1. The Labute approximate surface area is 63.5 Å². The molecule has 11 heavy (non-hydrogen) atoms. The molecule has 0 saturated carbocycles. The molecule has 60 valence electrons. The van der Waals surface area contributed by atoms with Crippen molar-refractivity contribution in [3.05, 3.63) is 18.0 Å². The number of nitrogens with two attached hydrogens (primary N) is 1. The second-order valence-corrected chi connectivity index (χ2v) is 1.89. The zero-order valence-electron chi connectivity index (χ0n) is 5.91. The molecule has 1 rings (SSSR count). The Bertz CT molecular complexity index is 220. The van der Waals surface area contributed by atoms with Gasteiger partial charge >= 0.3 is 5.97 Å². The van der Waals surface area contributed by atoms with E-state index in [0.29, 0.717) is 12.2 Å². The highest BCUT2D eigenvalue weighted by Gasteiger charge is 2.05. The van der Waals surface area contributed by atoms with Crippen molar-refractivity contribution in [1.82, 2.24) is 10.2 Å². The lowest BCUT2D eigenvalue weighted by molar-refractivity contribution is 0.0510. The van der Waals surface area contributed by atoms with Crippen molar-refractivity contribution in [2.45, 2.75) is 0 Å². The molecule has 1 aromatic rings. The van der Waals surface area contributed by atoms with E-state index in [4.69, 9.17) is 10.5 Å². The Kier molecular flexibility index (Phi) is 2.62. The van der Waals surface area contributed by atoms with E-state index >= 15 is 0 Å².